The first-order chi connectivity index (χ1) is 8.45. The van der Waals surface area contributed by atoms with Crippen LogP contribution in [0.4, 0.5) is 0 Å². The molecule has 0 radical (unpaired) electrons. The molecule has 1 rings (SSSR count). The number of rotatable bonds is 6. The molecule has 0 aliphatic carbocycles. The van der Waals surface area contributed by atoms with Crippen LogP contribution in [-0.2, 0) is 27.2 Å². The Morgan fingerprint density at radius 2 is 2.00 bits per heavy atom. The van der Waals surface area contributed by atoms with Crippen LogP contribution < -0.4 is 5.73 Å². The minimum atomic E-state index is -1.33. The van der Waals surface area contributed by atoms with Crippen LogP contribution in [0.15, 0.2) is 29.2 Å². The quantitative estimate of drug-likeness (QED) is 0.611. The second-order valence-corrected chi connectivity index (χ2v) is 5.97. The lowest BCUT2D eigenvalue weighted by Gasteiger charge is -2.15. The standard InChI is InChI=1S/C13H17NO3S/c1-9(16)10(2)18(17)13-5-3-11(4-6-13)7-12(14)8-15/h3-6,8,10,12H,7,14H2,1-2H3. The molecule has 3 atom stereocenters. The fraction of sp³-hybridized carbons (Fsp3) is 0.385. The van der Waals surface area contributed by atoms with Gasteiger partial charge in [0.25, 0.3) is 0 Å². The highest BCUT2D eigenvalue weighted by atomic mass is 32.2. The normalized spacial score (nSPS) is 15.8. The molecule has 98 valence electrons. The van der Waals surface area contributed by atoms with Crippen molar-refractivity contribution >= 4 is 23.2 Å². The zero-order chi connectivity index (χ0) is 13.7. The third-order valence-corrected chi connectivity index (χ3v) is 4.41. The second kappa shape index (κ2) is 6.68. The number of aldehydes is 1. The molecule has 0 aliphatic rings. The number of benzene rings is 1. The predicted molar refractivity (Wildman–Crippen MR) is 70.7 cm³/mol. The van der Waals surface area contributed by atoms with E-state index < -0.39 is 22.5 Å². The maximum atomic E-state index is 12.0. The van der Waals surface area contributed by atoms with Crippen LogP contribution in [0, 0.1) is 0 Å². The SMILES string of the molecule is CC(=O)C(C)[S+]([O-])c1ccc(CC(N)C=O)cc1. The van der Waals surface area contributed by atoms with Gasteiger partial charge in [-0.3, -0.25) is 4.79 Å². The van der Waals surface area contributed by atoms with Crippen LogP contribution >= 0.6 is 0 Å². The molecule has 18 heavy (non-hydrogen) atoms. The molecule has 0 bridgehead atoms. The first kappa shape index (κ1) is 14.9. The van der Waals surface area contributed by atoms with Gasteiger partial charge in [0, 0.05) is 0 Å². The Kier molecular flexibility index (Phi) is 5.53. The summed E-state index contributed by atoms with van der Waals surface area (Å²) in [6.45, 7) is 3.08. The second-order valence-electron chi connectivity index (χ2n) is 4.20. The van der Waals surface area contributed by atoms with Crippen molar-refractivity contribution < 1.29 is 14.1 Å². The summed E-state index contributed by atoms with van der Waals surface area (Å²) in [5, 5.41) is -0.506. The van der Waals surface area contributed by atoms with Crippen molar-refractivity contribution in [1.82, 2.24) is 0 Å². The Hall–Kier alpha value is -1.17. The van der Waals surface area contributed by atoms with Crippen molar-refractivity contribution in [3.63, 3.8) is 0 Å². The molecule has 0 fully saturated rings. The molecule has 0 amide bonds. The largest absolute Gasteiger partial charge is 0.611 e. The predicted octanol–water partition coefficient (Wildman–Crippen LogP) is 0.840. The Morgan fingerprint density at radius 3 is 2.44 bits per heavy atom. The molecular formula is C13H17NO3S. The van der Waals surface area contributed by atoms with Crippen molar-refractivity contribution in [2.75, 3.05) is 0 Å². The average Bonchev–Trinajstić information content (AvgIpc) is 2.37. The van der Waals surface area contributed by atoms with E-state index in [2.05, 4.69) is 0 Å². The molecule has 3 unspecified atom stereocenters. The van der Waals surface area contributed by atoms with Gasteiger partial charge >= 0.3 is 0 Å². The highest BCUT2D eigenvalue weighted by molar-refractivity contribution is 7.92. The summed E-state index contributed by atoms with van der Waals surface area (Å²) in [4.78, 5) is 22.2. The van der Waals surface area contributed by atoms with Gasteiger partial charge in [-0.1, -0.05) is 12.1 Å². The monoisotopic (exact) mass is 267 g/mol. The molecule has 1 aromatic rings. The fourth-order valence-electron chi connectivity index (χ4n) is 1.43. The van der Waals surface area contributed by atoms with Gasteiger partial charge in [-0.2, -0.15) is 0 Å². The van der Waals surface area contributed by atoms with Crippen LogP contribution in [-0.4, -0.2) is 27.9 Å². The highest BCUT2D eigenvalue weighted by Crippen LogP contribution is 2.17. The molecule has 0 spiro atoms. The molecule has 0 heterocycles. The van der Waals surface area contributed by atoms with Crippen molar-refractivity contribution in [3.8, 4) is 0 Å². The van der Waals surface area contributed by atoms with Crippen LogP contribution in [0.1, 0.15) is 19.4 Å². The zero-order valence-electron chi connectivity index (χ0n) is 10.5. The van der Waals surface area contributed by atoms with E-state index in [0.717, 1.165) is 5.56 Å². The minimum Gasteiger partial charge on any atom is -0.611 e. The van der Waals surface area contributed by atoms with Crippen molar-refractivity contribution in [1.29, 1.82) is 0 Å². The van der Waals surface area contributed by atoms with Crippen LogP contribution in [0.3, 0.4) is 0 Å². The number of carbonyl (C=O) groups excluding carboxylic acids is 2. The Morgan fingerprint density at radius 1 is 1.44 bits per heavy atom. The van der Waals surface area contributed by atoms with E-state index in [-0.39, 0.29) is 5.78 Å². The lowest BCUT2D eigenvalue weighted by atomic mass is 10.1. The smallest absolute Gasteiger partial charge is 0.181 e. The Balaban J connectivity index is 2.76. The molecule has 2 N–H and O–H groups in total. The Bertz CT molecular complexity index is 419. The molecule has 4 nitrogen and oxygen atoms in total. The highest BCUT2D eigenvalue weighted by Gasteiger charge is 2.24. The van der Waals surface area contributed by atoms with Gasteiger partial charge < -0.3 is 15.1 Å². The van der Waals surface area contributed by atoms with Gasteiger partial charge in [-0.05, 0) is 49.1 Å². The topological polar surface area (TPSA) is 83.2 Å². The molecule has 0 saturated heterocycles. The Labute approximate surface area is 110 Å². The third-order valence-electron chi connectivity index (χ3n) is 2.70. The fourth-order valence-corrected chi connectivity index (χ4v) is 2.55. The zero-order valence-corrected chi connectivity index (χ0v) is 11.3. The lowest BCUT2D eigenvalue weighted by Crippen LogP contribution is -2.25. The first-order valence-corrected chi connectivity index (χ1v) is 6.88. The van der Waals surface area contributed by atoms with Crippen molar-refractivity contribution in [3.05, 3.63) is 29.8 Å². The molecule has 5 heteroatoms. The van der Waals surface area contributed by atoms with Crippen LogP contribution in [0.2, 0.25) is 0 Å². The van der Waals surface area contributed by atoms with Gasteiger partial charge in [-0.25, -0.2) is 0 Å². The van der Waals surface area contributed by atoms with E-state index in [4.69, 9.17) is 5.73 Å². The van der Waals surface area contributed by atoms with Crippen LogP contribution in [0.25, 0.3) is 0 Å². The first-order valence-electron chi connectivity index (χ1n) is 5.66. The lowest BCUT2D eigenvalue weighted by molar-refractivity contribution is -0.116. The number of hydrogen-bond donors (Lipinski definition) is 1. The molecular weight excluding hydrogens is 250 g/mol. The minimum absolute atomic E-state index is 0.0969. The van der Waals surface area contributed by atoms with E-state index in [1.165, 1.54) is 6.92 Å². The van der Waals surface area contributed by atoms with Crippen molar-refractivity contribution in [2.24, 2.45) is 5.73 Å². The molecule has 0 aliphatic heterocycles. The van der Waals surface area contributed by atoms with Gasteiger partial charge in [0.15, 0.2) is 15.9 Å². The summed E-state index contributed by atoms with van der Waals surface area (Å²) >= 11 is -1.33. The van der Waals surface area contributed by atoms with E-state index in [1.807, 2.05) is 0 Å². The summed E-state index contributed by atoms with van der Waals surface area (Å²) in [6, 6.07) is 6.47. The summed E-state index contributed by atoms with van der Waals surface area (Å²) in [7, 11) is 0. The molecule has 0 saturated carbocycles. The third kappa shape index (κ3) is 3.94. The van der Waals surface area contributed by atoms with Gasteiger partial charge in [0.05, 0.1) is 6.04 Å². The number of ketones is 1. The maximum Gasteiger partial charge on any atom is 0.181 e. The molecule has 0 aromatic heterocycles. The number of carbonyl (C=O) groups is 2. The summed E-state index contributed by atoms with van der Waals surface area (Å²) in [6.07, 6.45) is 1.16. The summed E-state index contributed by atoms with van der Waals surface area (Å²) in [5.41, 5.74) is 6.43. The van der Waals surface area contributed by atoms with Gasteiger partial charge in [0.2, 0.25) is 0 Å². The number of hydrogen-bond acceptors (Lipinski definition) is 4. The summed E-state index contributed by atoms with van der Waals surface area (Å²) < 4.78 is 12.0. The number of Topliss-reactive ketones (excluding diaryl/α,β-unsaturated/α-hetero) is 1. The van der Waals surface area contributed by atoms with Gasteiger partial charge in [0.1, 0.15) is 6.29 Å². The van der Waals surface area contributed by atoms with Gasteiger partial charge in [-0.15, -0.1) is 0 Å². The average molecular weight is 267 g/mol. The maximum absolute atomic E-state index is 12.0. The number of nitrogens with two attached hydrogens (primary N) is 1. The van der Waals surface area contributed by atoms with Crippen molar-refractivity contribution in [2.45, 2.75) is 36.5 Å². The van der Waals surface area contributed by atoms with Crippen LogP contribution in [0.5, 0.6) is 0 Å². The van der Waals surface area contributed by atoms with E-state index >= 15 is 0 Å². The van der Waals surface area contributed by atoms with E-state index in [0.29, 0.717) is 17.6 Å². The van der Waals surface area contributed by atoms with E-state index in [1.54, 1.807) is 31.2 Å². The molecule has 1 aromatic carbocycles. The van der Waals surface area contributed by atoms with E-state index in [9.17, 15) is 14.1 Å². The summed E-state index contributed by atoms with van der Waals surface area (Å²) in [5.74, 6) is -0.0969.